The molecule has 0 bridgehead atoms. The van der Waals surface area contributed by atoms with Crippen molar-refractivity contribution in [1.29, 1.82) is 0 Å². The van der Waals surface area contributed by atoms with E-state index >= 15 is 0 Å². The van der Waals surface area contributed by atoms with Crippen molar-refractivity contribution in [2.75, 3.05) is 13.1 Å². The van der Waals surface area contributed by atoms with Crippen LogP contribution in [0.15, 0.2) is 24.3 Å². The van der Waals surface area contributed by atoms with E-state index in [2.05, 4.69) is 57.3 Å². The van der Waals surface area contributed by atoms with Crippen molar-refractivity contribution in [3.8, 4) is 0 Å². The van der Waals surface area contributed by atoms with Crippen molar-refractivity contribution < 1.29 is 0 Å². The summed E-state index contributed by atoms with van der Waals surface area (Å²) in [6.07, 6.45) is 2.69. The Hall–Kier alpha value is -0.820. The molecule has 0 heterocycles. The van der Waals surface area contributed by atoms with E-state index in [0.29, 0.717) is 11.3 Å². The molecule has 1 nitrogen and oxygen atoms in total. The first kappa shape index (κ1) is 13.6. The zero-order valence-electron chi connectivity index (χ0n) is 12.3. The second-order valence-corrected chi connectivity index (χ2v) is 6.58. The molecule has 2 rings (SSSR count). The highest BCUT2D eigenvalue weighted by Crippen LogP contribution is 2.47. The molecule has 0 aromatic heterocycles. The second-order valence-electron chi connectivity index (χ2n) is 6.58. The van der Waals surface area contributed by atoms with E-state index in [9.17, 15) is 0 Å². The lowest BCUT2D eigenvalue weighted by Crippen LogP contribution is -2.29. The van der Waals surface area contributed by atoms with E-state index in [4.69, 9.17) is 0 Å². The van der Waals surface area contributed by atoms with Gasteiger partial charge < -0.3 is 5.32 Å². The van der Waals surface area contributed by atoms with Gasteiger partial charge in [-0.3, -0.25) is 0 Å². The van der Waals surface area contributed by atoms with E-state index in [-0.39, 0.29) is 0 Å². The molecule has 0 spiro atoms. The Kier molecular flexibility index (Phi) is 4.11. The minimum atomic E-state index is 0.449. The SMILES string of the molecule is CC(C)CNCC1(c2ccc(C(C)C)cc2)CC1. The van der Waals surface area contributed by atoms with Crippen LogP contribution in [0.1, 0.15) is 57.6 Å². The van der Waals surface area contributed by atoms with Crippen LogP contribution in [0.25, 0.3) is 0 Å². The summed E-state index contributed by atoms with van der Waals surface area (Å²) in [5.74, 6) is 1.37. The Morgan fingerprint density at radius 2 is 1.67 bits per heavy atom. The molecule has 1 saturated carbocycles. The largest absolute Gasteiger partial charge is 0.316 e. The first-order valence-corrected chi connectivity index (χ1v) is 7.35. The minimum Gasteiger partial charge on any atom is -0.316 e. The smallest absolute Gasteiger partial charge is 0.00784 e. The van der Waals surface area contributed by atoms with Crippen LogP contribution in [-0.2, 0) is 5.41 Å². The predicted molar refractivity (Wildman–Crippen MR) is 79.2 cm³/mol. The number of hydrogen-bond acceptors (Lipinski definition) is 1. The lowest BCUT2D eigenvalue weighted by molar-refractivity contribution is 0.509. The number of benzene rings is 1. The molecule has 1 aromatic carbocycles. The zero-order chi connectivity index (χ0) is 13.2. The second kappa shape index (κ2) is 5.44. The Bertz CT molecular complexity index is 371. The Labute approximate surface area is 112 Å². The Balaban J connectivity index is 1.97. The van der Waals surface area contributed by atoms with Gasteiger partial charge in [-0.25, -0.2) is 0 Å². The summed E-state index contributed by atoms with van der Waals surface area (Å²) in [6.45, 7) is 11.3. The van der Waals surface area contributed by atoms with E-state index in [1.54, 1.807) is 0 Å². The Morgan fingerprint density at radius 3 is 2.11 bits per heavy atom. The van der Waals surface area contributed by atoms with Gasteiger partial charge in [-0.05, 0) is 42.3 Å². The summed E-state index contributed by atoms with van der Waals surface area (Å²) >= 11 is 0. The first-order valence-electron chi connectivity index (χ1n) is 7.35. The van der Waals surface area contributed by atoms with Gasteiger partial charge in [-0.15, -0.1) is 0 Å². The molecule has 0 radical (unpaired) electrons. The van der Waals surface area contributed by atoms with Crippen LogP contribution in [0.3, 0.4) is 0 Å². The summed E-state index contributed by atoms with van der Waals surface area (Å²) in [5, 5.41) is 3.62. The molecule has 1 aromatic rings. The van der Waals surface area contributed by atoms with Crippen LogP contribution in [0.4, 0.5) is 0 Å². The maximum absolute atomic E-state index is 3.62. The predicted octanol–water partition coefficient (Wildman–Crippen LogP) is 4.09. The maximum atomic E-state index is 3.62. The van der Waals surface area contributed by atoms with Crippen molar-refractivity contribution in [3.05, 3.63) is 35.4 Å². The highest BCUT2D eigenvalue weighted by Gasteiger charge is 2.43. The zero-order valence-corrected chi connectivity index (χ0v) is 12.3. The summed E-state index contributed by atoms with van der Waals surface area (Å²) in [5.41, 5.74) is 3.43. The lowest BCUT2D eigenvalue weighted by atomic mass is 9.92. The first-order chi connectivity index (χ1) is 8.53. The van der Waals surface area contributed by atoms with E-state index in [1.807, 2.05) is 0 Å². The molecule has 100 valence electrons. The summed E-state index contributed by atoms with van der Waals surface area (Å²) < 4.78 is 0. The number of nitrogens with one attached hydrogen (secondary N) is 1. The van der Waals surface area contributed by atoms with Gasteiger partial charge >= 0.3 is 0 Å². The molecular weight excluding hydrogens is 218 g/mol. The third kappa shape index (κ3) is 3.14. The fourth-order valence-electron chi connectivity index (χ4n) is 2.54. The fourth-order valence-corrected chi connectivity index (χ4v) is 2.54. The molecule has 1 N–H and O–H groups in total. The van der Waals surface area contributed by atoms with Gasteiger partial charge in [-0.1, -0.05) is 52.0 Å². The molecule has 1 fully saturated rings. The third-order valence-electron chi connectivity index (χ3n) is 4.06. The molecule has 0 aliphatic heterocycles. The van der Waals surface area contributed by atoms with Crippen LogP contribution < -0.4 is 5.32 Å². The number of rotatable bonds is 6. The van der Waals surface area contributed by atoms with Gasteiger partial charge in [0.1, 0.15) is 0 Å². The van der Waals surface area contributed by atoms with Gasteiger partial charge in [-0.2, -0.15) is 0 Å². The van der Waals surface area contributed by atoms with Crippen LogP contribution >= 0.6 is 0 Å². The normalized spacial score (nSPS) is 17.4. The molecule has 0 saturated heterocycles. The Morgan fingerprint density at radius 1 is 1.06 bits per heavy atom. The average Bonchev–Trinajstić information content (AvgIpc) is 3.10. The van der Waals surface area contributed by atoms with Crippen molar-refractivity contribution in [1.82, 2.24) is 5.32 Å². The fraction of sp³-hybridized carbons (Fsp3) is 0.647. The topological polar surface area (TPSA) is 12.0 Å². The summed E-state index contributed by atoms with van der Waals surface area (Å²) in [6, 6.07) is 9.31. The molecule has 0 atom stereocenters. The van der Waals surface area contributed by atoms with E-state index < -0.39 is 0 Å². The molecule has 1 heteroatoms. The van der Waals surface area contributed by atoms with Crippen LogP contribution in [0, 0.1) is 5.92 Å². The minimum absolute atomic E-state index is 0.449. The van der Waals surface area contributed by atoms with Crippen molar-refractivity contribution in [2.24, 2.45) is 5.92 Å². The monoisotopic (exact) mass is 245 g/mol. The number of hydrogen-bond donors (Lipinski definition) is 1. The maximum Gasteiger partial charge on any atom is 0.00784 e. The van der Waals surface area contributed by atoms with Crippen molar-refractivity contribution >= 4 is 0 Å². The van der Waals surface area contributed by atoms with Crippen LogP contribution in [0.2, 0.25) is 0 Å². The highest BCUT2D eigenvalue weighted by atomic mass is 14.9. The highest BCUT2D eigenvalue weighted by molar-refractivity contribution is 5.35. The molecule has 1 aliphatic carbocycles. The molecule has 18 heavy (non-hydrogen) atoms. The summed E-state index contributed by atoms with van der Waals surface area (Å²) in [7, 11) is 0. The lowest BCUT2D eigenvalue weighted by Gasteiger charge is -2.18. The third-order valence-corrected chi connectivity index (χ3v) is 4.06. The van der Waals surface area contributed by atoms with Crippen LogP contribution in [-0.4, -0.2) is 13.1 Å². The van der Waals surface area contributed by atoms with Gasteiger partial charge in [0.15, 0.2) is 0 Å². The van der Waals surface area contributed by atoms with Gasteiger partial charge in [0.25, 0.3) is 0 Å². The van der Waals surface area contributed by atoms with Crippen molar-refractivity contribution in [3.63, 3.8) is 0 Å². The van der Waals surface area contributed by atoms with Gasteiger partial charge in [0.05, 0.1) is 0 Å². The molecular formula is C17H27N. The van der Waals surface area contributed by atoms with E-state index in [0.717, 1.165) is 19.0 Å². The summed E-state index contributed by atoms with van der Waals surface area (Å²) in [4.78, 5) is 0. The van der Waals surface area contributed by atoms with E-state index in [1.165, 1.54) is 24.0 Å². The molecule has 0 unspecified atom stereocenters. The quantitative estimate of drug-likeness (QED) is 0.796. The van der Waals surface area contributed by atoms with Crippen LogP contribution in [0.5, 0.6) is 0 Å². The van der Waals surface area contributed by atoms with Crippen molar-refractivity contribution in [2.45, 2.75) is 51.9 Å². The van der Waals surface area contributed by atoms with Gasteiger partial charge in [0, 0.05) is 12.0 Å². The molecule has 0 amide bonds. The van der Waals surface area contributed by atoms with Gasteiger partial charge in [0.2, 0.25) is 0 Å². The standard InChI is InChI=1S/C17H27N/c1-13(2)11-18-12-17(9-10-17)16-7-5-15(6-8-16)14(3)4/h5-8,13-14,18H,9-12H2,1-4H3. The molecule has 1 aliphatic rings. The average molecular weight is 245 g/mol.